The second kappa shape index (κ2) is 6.21. The summed E-state index contributed by atoms with van der Waals surface area (Å²) in [6, 6.07) is 0. The topological polar surface area (TPSA) is 95.3 Å². The third-order valence-corrected chi connectivity index (χ3v) is 5.72. The second-order valence-corrected chi connectivity index (χ2v) is 7.31. The lowest BCUT2D eigenvalue weighted by atomic mass is 10.1. The van der Waals surface area contributed by atoms with Crippen molar-refractivity contribution in [3.63, 3.8) is 0 Å². The molecule has 0 radical (unpaired) electrons. The highest BCUT2D eigenvalue weighted by atomic mass is 32.2. The van der Waals surface area contributed by atoms with E-state index in [1.54, 1.807) is 6.92 Å². The van der Waals surface area contributed by atoms with E-state index in [1.165, 1.54) is 10.5 Å². The van der Waals surface area contributed by atoms with E-state index < -0.39 is 10.0 Å². The summed E-state index contributed by atoms with van der Waals surface area (Å²) in [5.74, 6) is 0.439. The van der Waals surface area contributed by atoms with Crippen molar-refractivity contribution in [2.24, 2.45) is 11.7 Å². The fraction of sp³-hybridized carbons (Fsp3) is 0.750. The van der Waals surface area contributed by atoms with Crippen LogP contribution in [-0.4, -0.2) is 67.1 Å². The van der Waals surface area contributed by atoms with E-state index in [2.05, 4.69) is 22.0 Å². The van der Waals surface area contributed by atoms with E-state index in [1.807, 2.05) is 0 Å². The van der Waals surface area contributed by atoms with Gasteiger partial charge in [-0.15, -0.1) is 0 Å². The van der Waals surface area contributed by atoms with Gasteiger partial charge in [-0.25, -0.2) is 8.42 Å². The van der Waals surface area contributed by atoms with Gasteiger partial charge in [-0.05, 0) is 19.4 Å². The summed E-state index contributed by atoms with van der Waals surface area (Å²) in [5, 5.41) is 6.47. The molecule has 0 aliphatic carbocycles. The Kier molecular flexibility index (Phi) is 4.79. The fourth-order valence-corrected chi connectivity index (χ4v) is 3.95. The summed E-state index contributed by atoms with van der Waals surface area (Å²) in [6.07, 6.45) is 1.38. The van der Waals surface area contributed by atoms with Crippen LogP contribution < -0.4 is 5.73 Å². The Morgan fingerprint density at radius 2 is 2.05 bits per heavy atom. The Bertz CT molecular complexity index is 534. The molecule has 1 aromatic heterocycles. The molecule has 1 saturated heterocycles. The van der Waals surface area contributed by atoms with E-state index in [9.17, 15) is 8.42 Å². The first-order valence-electron chi connectivity index (χ1n) is 6.87. The largest absolute Gasteiger partial charge is 0.330 e. The van der Waals surface area contributed by atoms with Gasteiger partial charge in [0.2, 0.25) is 10.0 Å². The van der Waals surface area contributed by atoms with Crippen LogP contribution in [0, 0.1) is 12.8 Å². The lowest BCUT2D eigenvalue weighted by Crippen LogP contribution is -2.49. The molecule has 3 N–H and O–H groups in total. The molecule has 1 fully saturated rings. The maximum atomic E-state index is 12.5. The van der Waals surface area contributed by atoms with Crippen LogP contribution >= 0.6 is 0 Å². The molecule has 8 heteroatoms. The minimum atomic E-state index is -3.42. The molecule has 0 bridgehead atoms. The highest BCUT2D eigenvalue weighted by molar-refractivity contribution is 7.89. The van der Waals surface area contributed by atoms with E-state index in [0.29, 0.717) is 31.2 Å². The van der Waals surface area contributed by atoms with Gasteiger partial charge < -0.3 is 10.6 Å². The summed E-state index contributed by atoms with van der Waals surface area (Å²) in [4.78, 5) is 2.55. The number of nitrogens with two attached hydrogens (primary N) is 1. The average Bonchev–Trinajstić information content (AvgIpc) is 2.86. The number of hydrogen-bond acceptors (Lipinski definition) is 5. The highest BCUT2D eigenvalue weighted by Crippen LogP contribution is 2.19. The number of hydrogen-bond donors (Lipinski definition) is 2. The average molecular weight is 301 g/mol. The van der Waals surface area contributed by atoms with Gasteiger partial charge in [0.05, 0.1) is 11.9 Å². The number of aryl methyl sites for hydroxylation is 1. The van der Waals surface area contributed by atoms with E-state index >= 15 is 0 Å². The zero-order valence-electron chi connectivity index (χ0n) is 12.0. The van der Waals surface area contributed by atoms with Crippen molar-refractivity contribution in [3.8, 4) is 0 Å². The number of H-pyrrole nitrogens is 1. The molecule has 0 spiro atoms. The predicted octanol–water partition coefficient (Wildman–Crippen LogP) is -0.381. The molecule has 1 unspecified atom stereocenters. The third kappa shape index (κ3) is 3.20. The van der Waals surface area contributed by atoms with Crippen LogP contribution in [0.2, 0.25) is 0 Å². The van der Waals surface area contributed by atoms with Crippen molar-refractivity contribution >= 4 is 10.0 Å². The van der Waals surface area contributed by atoms with Crippen molar-refractivity contribution in [2.75, 3.05) is 39.3 Å². The Hall–Kier alpha value is -0.960. The first-order valence-corrected chi connectivity index (χ1v) is 8.31. The standard InChI is InChI=1S/C12H23N5O2S/c1-10(7-13)9-16-3-5-17(6-4-16)20(18,19)12-8-14-15-11(12)2/h8,10H,3-7,9,13H2,1-2H3,(H,14,15). The molecule has 0 aromatic carbocycles. The summed E-state index contributed by atoms with van der Waals surface area (Å²) >= 11 is 0. The smallest absolute Gasteiger partial charge is 0.246 e. The monoisotopic (exact) mass is 301 g/mol. The van der Waals surface area contributed by atoms with Crippen molar-refractivity contribution in [2.45, 2.75) is 18.7 Å². The number of nitrogens with zero attached hydrogens (tertiary/aromatic N) is 3. The van der Waals surface area contributed by atoms with Crippen LogP contribution in [-0.2, 0) is 10.0 Å². The van der Waals surface area contributed by atoms with Crippen LogP contribution in [0.25, 0.3) is 0 Å². The SMILES string of the molecule is Cc1[nH]ncc1S(=O)(=O)N1CCN(CC(C)CN)CC1. The molecular weight excluding hydrogens is 278 g/mol. The molecule has 1 aliphatic rings. The minimum Gasteiger partial charge on any atom is -0.330 e. The molecular formula is C12H23N5O2S. The number of sulfonamides is 1. The molecule has 7 nitrogen and oxygen atoms in total. The van der Waals surface area contributed by atoms with Gasteiger partial charge in [0.1, 0.15) is 4.90 Å². The van der Waals surface area contributed by atoms with Gasteiger partial charge in [0.15, 0.2) is 0 Å². The molecule has 20 heavy (non-hydrogen) atoms. The Morgan fingerprint density at radius 3 is 2.55 bits per heavy atom. The zero-order valence-corrected chi connectivity index (χ0v) is 12.9. The van der Waals surface area contributed by atoms with Gasteiger partial charge in [-0.3, -0.25) is 5.10 Å². The zero-order chi connectivity index (χ0) is 14.8. The van der Waals surface area contributed by atoms with E-state index in [-0.39, 0.29) is 4.90 Å². The summed E-state index contributed by atoms with van der Waals surface area (Å²) in [5.41, 5.74) is 6.21. The molecule has 2 heterocycles. The lowest BCUT2D eigenvalue weighted by Gasteiger charge is -2.34. The van der Waals surface area contributed by atoms with Crippen molar-refractivity contribution in [3.05, 3.63) is 11.9 Å². The molecule has 1 atom stereocenters. The summed E-state index contributed by atoms with van der Waals surface area (Å²) in [7, 11) is -3.42. The fourth-order valence-electron chi connectivity index (χ4n) is 2.41. The first-order chi connectivity index (χ1) is 9.45. The summed E-state index contributed by atoms with van der Waals surface area (Å²) in [6.45, 7) is 7.95. The Morgan fingerprint density at radius 1 is 1.40 bits per heavy atom. The molecule has 1 aromatic rings. The number of rotatable bonds is 5. The van der Waals surface area contributed by atoms with E-state index in [4.69, 9.17) is 5.73 Å². The number of nitrogens with one attached hydrogen (secondary N) is 1. The number of aromatic amines is 1. The minimum absolute atomic E-state index is 0.279. The van der Waals surface area contributed by atoms with Crippen LogP contribution in [0.15, 0.2) is 11.1 Å². The van der Waals surface area contributed by atoms with Gasteiger partial charge in [-0.2, -0.15) is 9.40 Å². The normalized spacial score (nSPS) is 20.1. The van der Waals surface area contributed by atoms with Crippen LogP contribution in [0.1, 0.15) is 12.6 Å². The van der Waals surface area contributed by atoms with Crippen LogP contribution in [0.4, 0.5) is 0 Å². The van der Waals surface area contributed by atoms with Gasteiger partial charge in [-0.1, -0.05) is 6.92 Å². The molecule has 2 rings (SSSR count). The third-order valence-electron chi connectivity index (χ3n) is 3.70. The van der Waals surface area contributed by atoms with Gasteiger partial charge >= 0.3 is 0 Å². The second-order valence-electron chi connectivity index (χ2n) is 5.40. The number of aromatic nitrogens is 2. The van der Waals surface area contributed by atoms with Crippen LogP contribution in [0.5, 0.6) is 0 Å². The lowest BCUT2D eigenvalue weighted by molar-refractivity contribution is 0.170. The quantitative estimate of drug-likeness (QED) is 0.773. The van der Waals surface area contributed by atoms with Crippen LogP contribution in [0.3, 0.4) is 0 Å². The Balaban J connectivity index is 1.99. The maximum Gasteiger partial charge on any atom is 0.246 e. The maximum absolute atomic E-state index is 12.5. The molecule has 114 valence electrons. The molecule has 1 aliphatic heterocycles. The van der Waals surface area contributed by atoms with Gasteiger partial charge in [0, 0.05) is 32.7 Å². The Labute approximate surface area is 120 Å². The summed E-state index contributed by atoms with van der Waals surface area (Å²) < 4.78 is 26.5. The molecule has 0 saturated carbocycles. The van der Waals surface area contributed by atoms with Crippen molar-refractivity contribution < 1.29 is 8.42 Å². The van der Waals surface area contributed by atoms with E-state index in [0.717, 1.165) is 19.6 Å². The van der Waals surface area contributed by atoms with Gasteiger partial charge in [0.25, 0.3) is 0 Å². The first kappa shape index (κ1) is 15.4. The van der Waals surface area contributed by atoms with Crippen molar-refractivity contribution in [1.82, 2.24) is 19.4 Å². The van der Waals surface area contributed by atoms with Crippen molar-refractivity contribution in [1.29, 1.82) is 0 Å². The number of piperazine rings is 1. The predicted molar refractivity (Wildman–Crippen MR) is 76.7 cm³/mol. The highest BCUT2D eigenvalue weighted by Gasteiger charge is 2.30. The molecule has 0 amide bonds.